The Morgan fingerprint density at radius 2 is 2.20 bits per heavy atom. The second-order valence-electron chi connectivity index (χ2n) is 4.28. The van der Waals surface area contributed by atoms with Crippen LogP contribution in [0.2, 0.25) is 0 Å². The van der Waals surface area contributed by atoms with E-state index in [0.29, 0.717) is 0 Å². The summed E-state index contributed by atoms with van der Waals surface area (Å²) in [5.41, 5.74) is 3.42. The Morgan fingerprint density at radius 3 is 2.73 bits per heavy atom. The summed E-state index contributed by atoms with van der Waals surface area (Å²) in [5, 5.41) is 13.3. The van der Waals surface area contributed by atoms with E-state index in [4.69, 9.17) is 0 Å². The van der Waals surface area contributed by atoms with E-state index in [2.05, 4.69) is 18.4 Å². The van der Waals surface area contributed by atoms with Crippen LogP contribution in [0.5, 0.6) is 0 Å². The minimum absolute atomic E-state index is 0.830. The molecule has 0 radical (unpaired) electrons. The van der Waals surface area contributed by atoms with Crippen LogP contribution in [0.4, 0.5) is 0 Å². The van der Waals surface area contributed by atoms with Crippen LogP contribution < -0.4 is 0 Å². The molecule has 15 heavy (non-hydrogen) atoms. The third-order valence-corrected chi connectivity index (χ3v) is 3.84. The molecule has 0 unspecified atom stereocenters. The van der Waals surface area contributed by atoms with Gasteiger partial charge >= 0.3 is 0 Å². The number of hydrogen-bond acceptors (Lipinski definition) is 2. The van der Waals surface area contributed by atoms with Crippen LogP contribution in [-0.4, -0.2) is 0 Å². The van der Waals surface area contributed by atoms with Crippen LogP contribution in [0.15, 0.2) is 22.4 Å². The van der Waals surface area contributed by atoms with Gasteiger partial charge in [0.1, 0.15) is 0 Å². The Balaban J connectivity index is 2.26. The molecular formula is C13H15NS. The lowest BCUT2D eigenvalue weighted by molar-refractivity contribution is 0.445. The van der Waals surface area contributed by atoms with Crippen LogP contribution in [0.25, 0.3) is 5.57 Å². The molecule has 2 rings (SSSR count). The van der Waals surface area contributed by atoms with E-state index >= 15 is 0 Å². The van der Waals surface area contributed by atoms with E-state index < -0.39 is 0 Å². The molecule has 1 aromatic heterocycles. The summed E-state index contributed by atoms with van der Waals surface area (Å²) >= 11 is 1.66. The topological polar surface area (TPSA) is 23.8 Å². The number of allylic oxidation sites excluding steroid dienone is 2. The highest BCUT2D eigenvalue weighted by Crippen LogP contribution is 2.33. The maximum atomic E-state index is 9.21. The van der Waals surface area contributed by atoms with Crippen LogP contribution in [0, 0.1) is 17.2 Å². The van der Waals surface area contributed by atoms with Crippen molar-refractivity contribution in [2.75, 3.05) is 0 Å². The first-order valence-corrected chi connectivity index (χ1v) is 6.40. The molecule has 1 saturated carbocycles. The Kier molecular flexibility index (Phi) is 3.23. The van der Waals surface area contributed by atoms with Crippen LogP contribution in [0.3, 0.4) is 0 Å². The second kappa shape index (κ2) is 4.63. The van der Waals surface area contributed by atoms with Crippen molar-refractivity contribution in [3.63, 3.8) is 0 Å². The smallest absolute Gasteiger partial charge is 0.0997 e. The average molecular weight is 217 g/mol. The quantitative estimate of drug-likeness (QED) is 0.646. The Bertz CT molecular complexity index is 385. The maximum absolute atomic E-state index is 9.21. The van der Waals surface area contributed by atoms with E-state index in [9.17, 15) is 5.26 Å². The van der Waals surface area contributed by atoms with Crippen molar-refractivity contribution in [1.29, 1.82) is 5.26 Å². The Labute approximate surface area is 95.1 Å². The lowest BCUT2D eigenvalue weighted by Gasteiger charge is -2.21. The van der Waals surface area contributed by atoms with Crippen LogP contribution in [0.1, 0.15) is 38.2 Å². The van der Waals surface area contributed by atoms with E-state index in [-0.39, 0.29) is 0 Å². The monoisotopic (exact) mass is 217 g/mol. The number of hydrogen-bond donors (Lipinski definition) is 0. The Morgan fingerprint density at radius 1 is 1.47 bits per heavy atom. The summed E-state index contributed by atoms with van der Waals surface area (Å²) in [6, 6.07) is 4.43. The van der Waals surface area contributed by atoms with Crippen molar-refractivity contribution in [3.05, 3.63) is 28.0 Å². The molecule has 1 aromatic rings. The van der Waals surface area contributed by atoms with Gasteiger partial charge in [-0.1, -0.05) is 12.5 Å². The summed E-state index contributed by atoms with van der Waals surface area (Å²) in [5.74, 6) is 0.830. The molecule has 0 bridgehead atoms. The van der Waals surface area contributed by atoms with E-state index in [1.165, 1.54) is 18.4 Å². The predicted octanol–water partition coefficient (Wildman–Crippen LogP) is 4.24. The SMILES string of the molecule is CC1CCC(=C(C#N)c2ccsc2)CC1. The first kappa shape index (κ1) is 10.4. The Hall–Kier alpha value is -1.07. The molecule has 0 amide bonds. The molecule has 1 fully saturated rings. The maximum Gasteiger partial charge on any atom is 0.0997 e. The number of nitriles is 1. The largest absolute Gasteiger partial charge is 0.192 e. The molecule has 1 aliphatic rings. The summed E-state index contributed by atoms with van der Waals surface area (Å²) in [7, 11) is 0. The number of thiophene rings is 1. The average Bonchev–Trinajstić information content (AvgIpc) is 2.75. The van der Waals surface area contributed by atoms with E-state index in [1.54, 1.807) is 11.3 Å². The van der Waals surface area contributed by atoms with Gasteiger partial charge in [0.15, 0.2) is 0 Å². The molecule has 1 heterocycles. The predicted molar refractivity (Wildman–Crippen MR) is 64.5 cm³/mol. The highest BCUT2D eigenvalue weighted by molar-refractivity contribution is 7.08. The molecule has 78 valence electrons. The first-order chi connectivity index (χ1) is 7.31. The molecule has 0 atom stereocenters. The van der Waals surface area contributed by atoms with Gasteiger partial charge in [0.05, 0.1) is 11.6 Å². The third kappa shape index (κ3) is 2.30. The van der Waals surface area contributed by atoms with Crippen LogP contribution in [-0.2, 0) is 0 Å². The highest BCUT2D eigenvalue weighted by atomic mass is 32.1. The van der Waals surface area contributed by atoms with Gasteiger partial charge in [-0.2, -0.15) is 16.6 Å². The lowest BCUT2D eigenvalue weighted by Crippen LogP contribution is -2.05. The molecule has 1 nitrogen and oxygen atoms in total. The molecule has 0 aliphatic heterocycles. The van der Waals surface area contributed by atoms with Gasteiger partial charge in [-0.25, -0.2) is 0 Å². The fourth-order valence-electron chi connectivity index (χ4n) is 2.12. The fraction of sp³-hybridized carbons (Fsp3) is 0.462. The molecule has 0 saturated heterocycles. The van der Waals surface area contributed by atoms with Crippen molar-refractivity contribution in [2.24, 2.45) is 5.92 Å². The molecule has 2 heteroatoms. The number of rotatable bonds is 1. The van der Waals surface area contributed by atoms with Crippen molar-refractivity contribution in [3.8, 4) is 6.07 Å². The lowest BCUT2D eigenvalue weighted by atomic mass is 9.84. The standard InChI is InChI=1S/C13H15NS/c1-10-2-4-11(5-3-10)13(8-14)12-6-7-15-9-12/h6-7,9-10H,2-5H2,1H3. The van der Waals surface area contributed by atoms with Gasteiger partial charge in [-0.05, 0) is 48.4 Å². The molecule has 0 spiro atoms. The van der Waals surface area contributed by atoms with Gasteiger partial charge in [0.25, 0.3) is 0 Å². The minimum atomic E-state index is 0.830. The summed E-state index contributed by atoms with van der Waals surface area (Å²) in [6.45, 7) is 2.30. The minimum Gasteiger partial charge on any atom is -0.192 e. The first-order valence-electron chi connectivity index (χ1n) is 5.46. The zero-order valence-corrected chi connectivity index (χ0v) is 9.81. The van der Waals surface area contributed by atoms with Gasteiger partial charge in [-0.3, -0.25) is 0 Å². The second-order valence-corrected chi connectivity index (χ2v) is 5.06. The van der Waals surface area contributed by atoms with Gasteiger partial charge in [0, 0.05) is 5.56 Å². The van der Waals surface area contributed by atoms with Gasteiger partial charge in [0.2, 0.25) is 0 Å². The zero-order valence-electron chi connectivity index (χ0n) is 8.99. The van der Waals surface area contributed by atoms with Crippen molar-refractivity contribution >= 4 is 16.9 Å². The molecule has 0 N–H and O–H groups in total. The van der Waals surface area contributed by atoms with Crippen molar-refractivity contribution < 1.29 is 0 Å². The van der Waals surface area contributed by atoms with Crippen molar-refractivity contribution in [2.45, 2.75) is 32.6 Å². The number of nitrogens with zero attached hydrogens (tertiary/aromatic N) is 1. The molecule has 1 aliphatic carbocycles. The highest BCUT2D eigenvalue weighted by Gasteiger charge is 2.16. The third-order valence-electron chi connectivity index (χ3n) is 3.15. The fourth-order valence-corrected chi connectivity index (χ4v) is 2.76. The molecule has 0 aromatic carbocycles. The van der Waals surface area contributed by atoms with Gasteiger partial charge < -0.3 is 0 Å². The molecular weight excluding hydrogens is 202 g/mol. The zero-order chi connectivity index (χ0) is 10.7. The summed E-state index contributed by atoms with van der Waals surface area (Å²) in [6.07, 6.45) is 4.70. The van der Waals surface area contributed by atoms with E-state index in [0.717, 1.165) is 29.9 Å². The van der Waals surface area contributed by atoms with Gasteiger partial charge in [-0.15, -0.1) is 0 Å². The normalized spacial score (nSPS) is 21.1. The van der Waals surface area contributed by atoms with Crippen molar-refractivity contribution in [1.82, 2.24) is 0 Å². The van der Waals surface area contributed by atoms with Crippen LogP contribution >= 0.6 is 11.3 Å². The summed E-state index contributed by atoms with van der Waals surface area (Å²) < 4.78 is 0. The van der Waals surface area contributed by atoms with E-state index in [1.807, 2.05) is 11.4 Å². The summed E-state index contributed by atoms with van der Waals surface area (Å²) in [4.78, 5) is 0.